The van der Waals surface area contributed by atoms with Gasteiger partial charge in [-0.05, 0) is 24.3 Å². The molecule has 0 aliphatic rings. The van der Waals surface area contributed by atoms with E-state index >= 15 is 0 Å². The second-order valence-corrected chi connectivity index (χ2v) is 4.83. The molecule has 1 heterocycles. The number of alkyl halides is 2. The zero-order chi connectivity index (χ0) is 13.7. The maximum absolute atomic E-state index is 12.2. The summed E-state index contributed by atoms with van der Waals surface area (Å²) in [7, 11) is 0. The predicted octanol–water partition coefficient (Wildman–Crippen LogP) is 3.91. The molecule has 0 amide bonds. The summed E-state index contributed by atoms with van der Waals surface area (Å²) in [4.78, 5) is 0.556. The Morgan fingerprint density at radius 1 is 1.37 bits per heavy atom. The molecule has 3 nitrogen and oxygen atoms in total. The summed E-state index contributed by atoms with van der Waals surface area (Å²) in [5.74, 6) is -2.39. The van der Waals surface area contributed by atoms with Gasteiger partial charge in [0.25, 0.3) is 5.76 Å². The molecule has 0 fully saturated rings. The molecule has 0 radical (unpaired) electrons. The third-order valence-corrected chi connectivity index (χ3v) is 3.14. The van der Waals surface area contributed by atoms with E-state index in [1.807, 2.05) is 6.20 Å². The molecule has 1 aromatic heterocycles. The van der Waals surface area contributed by atoms with Crippen molar-refractivity contribution in [3.8, 4) is 0 Å². The first-order chi connectivity index (χ1) is 9.17. The largest absolute Gasteiger partial charge is 0.381 e. The Morgan fingerprint density at radius 3 is 2.68 bits per heavy atom. The van der Waals surface area contributed by atoms with E-state index in [9.17, 15) is 8.78 Å². The molecule has 1 aromatic carbocycles. The molecule has 0 aliphatic heterocycles. The van der Waals surface area contributed by atoms with Crippen LogP contribution in [0.25, 0.3) is 6.20 Å². The van der Waals surface area contributed by atoms with Crippen LogP contribution in [-0.4, -0.2) is 15.5 Å². The Balaban J connectivity index is 1.90. The number of benzene rings is 1. The number of rotatable bonds is 6. The van der Waals surface area contributed by atoms with Gasteiger partial charge in [0.1, 0.15) is 0 Å². The molecule has 0 saturated heterocycles. The van der Waals surface area contributed by atoms with Crippen LogP contribution in [0.1, 0.15) is 5.56 Å². The van der Waals surface area contributed by atoms with Crippen LogP contribution in [-0.2, 0) is 6.54 Å². The summed E-state index contributed by atoms with van der Waals surface area (Å²) in [6, 6.07) is 6.91. The van der Waals surface area contributed by atoms with E-state index in [1.165, 1.54) is 0 Å². The van der Waals surface area contributed by atoms with Gasteiger partial charge in [0.2, 0.25) is 0 Å². The van der Waals surface area contributed by atoms with Gasteiger partial charge >= 0.3 is 0 Å². The Labute approximate surface area is 114 Å². The maximum atomic E-state index is 12.2. The van der Waals surface area contributed by atoms with Gasteiger partial charge < -0.3 is 5.32 Å². The molecule has 6 heteroatoms. The van der Waals surface area contributed by atoms with Gasteiger partial charge in [-0.25, -0.2) is 4.68 Å². The van der Waals surface area contributed by atoms with Crippen LogP contribution >= 0.6 is 11.8 Å². The molecule has 0 bridgehead atoms. The Hall–Kier alpha value is -1.82. The second kappa shape index (κ2) is 6.38. The van der Waals surface area contributed by atoms with Crippen LogP contribution in [0, 0.1) is 0 Å². The second-order valence-electron chi connectivity index (χ2n) is 3.77. The van der Waals surface area contributed by atoms with Crippen LogP contribution in [0.4, 0.5) is 14.5 Å². The molecule has 0 saturated carbocycles. The number of thioether (sulfide) groups is 1. The summed E-state index contributed by atoms with van der Waals surface area (Å²) in [5, 5.41) is 7.26. The number of halogens is 2. The molecule has 19 heavy (non-hydrogen) atoms. The molecule has 0 atom stereocenters. The Bertz CT molecular complexity index is 537. The summed E-state index contributed by atoms with van der Waals surface area (Å²) < 4.78 is 25.9. The first kappa shape index (κ1) is 13.6. The highest BCUT2D eigenvalue weighted by Gasteiger charge is 2.04. The van der Waals surface area contributed by atoms with E-state index < -0.39 is 5.76 Å². The lowest BCUT2D eigenvalue weighted by Crippen LogP contribution is -1.98. The SMILES string of the molecule is C=Cn1cc(CNc2ccc(SC(F)F)cc2)cn1. The number of hydrogen-bond acceptors (Lipinski definition) is 3. The van der Waals surface area contributed by atoms with Gasteiger partial charge in [0.05, 0.1) is 6.20 Å². The highest BCUT2D eigenvalue weighted by Crippen LogP contribution is 2.26. The minimum Gasteiger partial charge on any atom is -0.381 e. The first-order valence-corrected chi connectivity index (χ1v) is 6.49. The van der Waals surface area contributed by atoms with Gasteiger partial charge in [0.15, 0.2) is 0 Å². The fourth-order valence-corrected chi connectivity index (χ4v) is 2.03. The van der Waals surface area contributed by atoms with Crippen molar-refractivity contribution in [2.75, 3.05) is 5.32 Å². The van der Waals surface area contributed by atoms with Crippen LogP contribution in [0.5, 0.6) is 0 Å². The fourth-order valence-electron chi connectivity index (χ4n) is 1.53. The minimum absolute atomic E-state index is 0.542. The smallest absolute Gasteiger partial charge is 0.288 e. The van der Waals surface area contributed by atoms with Crippen molar-refractivity contribution in [3.05, 3.63) is 48.8 Å². The van der Waals surface area contributed by atoms with Crippen LogP contribution < -0.4 is 5.32 Å². The fraction of sp³-hybridized carbons (Fsp3) is 0.154. The van der Waals surface area contributed by atoms with Crippen molar-refractivity contribution in [2.24, 2.45) is 0 Å². The molecule has 100 valence electrons. The molecule has 2 rings (SSSR count). The zero-order valence-electron chi connectivity index (χ0n) is 10.1. The average molecular weight is 281 g/mol. The van der Waals surface area contributed by atoms with Gasteiger partial charge in [-0.3, -0.25) is 0 Å². The maximum Gasteiger partial charge on any atom is 0.288 e. The molecular weight excluding hydrogens is 268 g/mol. The predicted molar refractivity (Wildman–Crippen MR) is 74.2 cm³/mol. The highest BCUT2D eigenvalue weighted by atomic mass is 32.2. The molecule has 1 N–H and O–H groups in total. The molecular formula is C13H13F2N3S. The van der Waals surface area contributed by atoms with Crippen molar-refractivity contribution in [1.29, 1.82) is 0 Å². The van der Waals surface area contributed by atoms with Gasteiger partial charge in [-0.2, -0.15) is 13.9 Å². The zero-order valence-corrected chi connectivity index (χ0v) is 10.9. The minimum atomic E-state index is -2.39. The summed E-state index contributed by atoms with van der Waals surface area (Å²) in [6.07, 6.45) is 5.22. The van der Waals surface area contributed by atoms with Crippen molar-refractivity contribution < 1.29 is 8.78 Å². The first-order valence-electron chi connectivity index (χ1n) is 5.61. The van der Waals surface area contributed by atoms with Gasteiger partial charge in [-0.15, -0.1) is 0 Å². The number of anilines is 1. The van der Waals surface area contributed by atoms with E-state index in [0.29, 0.717) is 23.2 Å². The lowest BCUT2D eigenvalue weighted by atomic mass is 10.3. The van der Waals surface area contributed by atoms with E-state index in [-0.39, 0.29) is 0 Å². The highest BCUT2D eigenvalue weighted by molar-refractivity contribution is 7.99. The summed E-state index contributed by atoms with van der Waals surface area (Å²) in [6.45, 7) is 4.23. The normalized spacial score (nSPS) is 10.7. The van der Waals surface area contributed by atoms with E-state index in [4.69, 9.17) is 0 Å². The van der Waals surface area contributed by atoms with Crippen molar-refractivity contribution in [2.45, 2.75) is 17.2 Å². The Morgan fingerprint density at radius 2 is 2.11 bits per heavy atom. The monoisotopic (exact) mass is 281 g/mol. The Kier molecular flexibility index (Phi) is 4.57. The van der Waals surface area contributed by atoms with Crippen LogP contribution in [0.15, 0.2) is 48.1 Å². The van der Waals surface area contributed by atoms with Gasteiger partial charge in [0, 0.05) is 35.1 Å². The molecule has 0 unspecified atom stereocenters. The molecule has 0 spiro atoms. The van der Waals surface area contributed by atoms with Crippen LogP contribution in [0.3, 0.4) is 0 Å². The number of nitrogens with zero attached hydrogens (tertiary/aromatic N) is 2. The third-order valence-electron chi connectivity index (χ3n) is 2.42. The van der Waals surface area contributed by atoms with Crippen molar-refractivity contribution in [3.63, 3.8) is 0 Å². The lowest BCUT2D eigenvalue weighted by Gasteiger charge is -2.06. The number of nitrogens with one attached hydrogen (secondary N) is 1. The number of aromatic nitrogens is 2. The van der Waals surface area contributed by atoms with E-state index in [1.54, 1.807) is 41.3 Å². The molecule has 2 aromatic rings. The van der Waals surface area contributed by atoms with Gasteiger partial charge in [-0.1, -0.05) is 18.3 Å². The van der Waals surface area contributed by atoms with Crippen LogP contribution in [0.2, 0.25) is 0 Å². The summed E-state index contributed by atoms with van der Waals surface area (Å²) in [5.41, 5.74) is 1.90. The quantitative estimate of drug-likeness (QED) is 0.814. The van der Waals surface area contributed by atoms with Crippen molar-refractivity contribution in [1.82, 2.24) is 9.78 Å². The number of hydrogen-bond donors (Lipinski definition) is 1. The molecule has 0 aliphatic carbocycles. The van der Waals surface area contributed by atoms with E-state index in [2.05, 4.69) is 17.0 Å². The van der Waals surface area contributed by atoms with E-state index in [0.717, 1.165) is 11.3 Å². The average Bonchev–Trinajstić information content (AvgIpc) is 2.85. The third kappa shape index (κ3) is 4.10. The summed E-state index contributed by atoms with van der Waals surface area (Å²) >= 11 is 0.542. The standard InChI is InChI=1S/C13H13F2N3S/c1-2-18-9-10(8-17-18)7-16-11-3-5-12(6-4-11)19-13(14)15/h2-6,8-9,13,16H,1,7H2. The topological polar surface area (TPSA) is 29.9 Å². The van der Waals surface area contributed by atoms with Crippen molar-refractivity contribution >= 4 is 23.6 Å². The lowest BCUT2D eigenvalue weighted by molar-refractivity contribution is 0.252.